The monoisotopic (exact) mass is 612 g/mol. The van der Waals surface area contributed by atoms with Gasteiger partial charge in [0, 0.05) is 17.4 Å². The van der Waals surface area contributed by atoms with Gasteiger partial charge in [0.1, 0.15) is 17.2 Å². The van der Waals surface area contributed by atoms with Crippen molar-refractivity contribution in [3.63, 3.8) is 0 Å². The molecule has 2 atom stereocenters. The Morgan fingerprint density at radius 1 is 0.932 bits per heavy atom. The van der Waals surface area contributed by atoms with E-state index in [1.807, 2.05) is 6.07 Å². The topological polar surface area (TPSA) is 145 Å². The lowest BCUT2D eigenvalue weighted by Gasteiger charge is -2.34. The first-order chi connectivity index (χ1) is 20.6. The first-order valence-corrected chi connectivity index (χ1v) is 14.8. The molecule has 2 N–H and O–H groups in total. The van der Waals surface area contributed by atoms with Gasteiger partial charge in [-0.2, -0.15) is 0 Å². The number of esters is 1. The molecule has 1 aromatic heterocycles. The average Bonchev–Trinajstić information content (AvgIpc) is 2.91. The maximum Gasteiger partial charge on any atom is 0.415 e. The number of aromatic nitrogens is 1. The van der Waals surface area contributed by atoms with Crippen molar-refractivity contribution in [3.8, 4) is 11.1 Å². The molecule has 3 amide bonds. The summed E-state index contributed by atoms with van der Waals surface area (Å²) in [4.78, 5) is 58.1. The maximum absolute atomic E-state index is 13.9. The van der Waals surface area contributed by atoms with Gasteiger partial charge in [-0.1, -0.05) is 18.9 Å². The van der Waals surface area contributed by atoms with E-state index >= 15 is 0 Å². The fourth-order valence-corrected chi connectivity index (χ4v) is 4.75. The number of hydrogen-bond donors (Lipinski definition) is 2. The van der Waals surface area contributed by atoms with E-state index in [2.05, 4.69) is 15.6 Å². The van der Waals surface area contributed by atoms with E-state index in [1.54, 1.807) is 78.9 Å². The van der Waals surface area contributed by atoms with E-state index in [9.17, 15) is 19.2 Å². The van der Waals surface area contributed by atoms with Crippen LogP contribution in [0.15, 0.2) is 36.5 Å². The van der Waals surface area contributed by atoms with Crippen LogP contribution in [0.3, 0.4) is 0 Å². The number of pyridine rings is 1. The molecular formula is C32H44N4O8. The van der Waals surface area contributed by atoms with Gasteiger partial charge in [0.15, 0.2) is 0 Å². The number of ether oxygens (including phenoxy) is 4. The summed E-state index contributed by atoms with van der Waals surface area (Å²) < 4.78 is 21.5. The van der Waals surface area contributed by atoms with Crippen LogP contribution in [0.25, 0.3) is 11.1 Å². The fourth-order valence-electron chi connectivity index (χ4n) is 4.75. The van der Waals surface area contributed by atoms with E-state index in [1.165, 1.54) is 12.0 Å². The highest BCUT2D eigenvalue weighted by Crippen LogP contribution is 2.38. The normalized spacial score (nSPS) is 17.1. The predicted octanol–water partition coefficient (Wildman–Crippen LogP) is 6.74. The summed E-state index contributed by atoms with van der Waals surface area (Å²) in [5.74, 6) is -0.591. The molecule has 240 valence electrons. The molecule has 12 heteroatoms. The second-order valence-electron chi connectivity index (χ2n) is 12.4. The van der Waals surface area contributed by atoms with E-state index < -0.39 is 47.5 Å². The van der Waals surface area contributed by atoms with Crippen molar-refractivity contribution in [1.29, 1.82) is 0 Å². The number of amides is 3. The Morgan fingerprint density at radius 3 is 2.25 bits per heavy atom. The van der Waals surface area contributed by atoms with Crippen LogP contribution in [0.5, 0.6) is 0 Å². The molecule has 0 radical (unpaired) electrons. The van der Waals surface area contributed by atoms with Crippen LogP contribution >= 0.6 is 0 Å². The number of methoxy groups -OCH3 is 1. The highest BCUT2D eigenvalue weighted by atomic mass is 16.6. The molecule has 0 aliphatic carbocycles. The van der Waals surface area contributed by atoms with Crippen molar-refractivity contribution < 1.29 is 38.1 Å². The van der Waals surface area contributed by atoms with Gasteiger partial charge < -0.3 is 24.3 Å². The van der Waals surface area contributed by atoms with Gasteiger partial charge >= 0.3 is 24.2 Å². The molecule has 1 aromatic carbocycles. The van der Waals surface area contributed by atoms with Gasteiger partial charge in [-0.25, -0.2) is 19.2 Å². The average molecular weight is 613 g/mol. The Balaban J connectivity index is 2.25. The van der Waals surface area contributed by atoms with Crippen LogP contribution < -0.4 is 15.5 Å². The van der Waals surface area contributed by atoms with Crippen LogP contribution in [0, 0.1) is 0 Å². The molecule has 0 saturated carbocycles. The Morgan fingerprint density at radius 2 is 1.61 bits per heavy atom. The second kappa shape index (κ2) is 14.4. The standard InChI is InChI=1S/C32H44N4O8/c1-9-42-27(37)25-13-11-10-12-23(35-29(39)43-31(2,3)4)24-18-20(16-17-33-24)22-15-14-21(34-28(38)41-8)19-26(22)36(25)30(40)44-32(5,6)7/h14-19,23,25H,9-13H2,1-8H3,(H,34,38)(H,35,39)/t23-,25+/m0/s1. The smallest absolute Gasteiger partial charge is 0.415 e. The quantitative estimate of drug-likeness (QED) is 0.283. The Kier molecular flexibility index (Phi) is 11.2. The Hall–Kier alpha value is -4.35. The third-order valence-electron chi connectivity index (χ3n) is 6.51. The van der Waals surface area contributed by atoms with E-state index in [0.29, 0.717) is 47.5 Å². The van der Waals surface area contributed by atoms with E-state index in [-0.39, 0.29) is 13.0 Å². The summed E-state index contributed by atoms with van der Waals surface area (Å²) in [5.41, 5.74) is 0.896. The summed E-state index contributed by atoms with van der Waals surface area (Å²) in [6.45, 7) is 12.4. The van der Waals surface area contributed by atoms with Gasteiger partial charge in [0.05, 0.1) is 31.1 Å². The van der Waals surface area contributed by atoms with Crippen molar-refractivity contribution in [2.24, 2.45) is 0 Å². The second-order valence-corrected chi connectivity index (χ2v) is 12.4. The number of nitrogens with zero attached hydrogens (tertiary/aromatic N) is 2. The minimum atomic E-state index is -1.05. The molecule has 0 unspecified atom stereocenters. The number of nitrogens with one attached hydrogen (secondary N) is 2. The zero-order valence-corrected chi connectivity index (χ0v) is 26.8. The minimum Gasteiger partial charge on any atom is -0.464 e. The Bertz CT molecular complexity index is 1350. The van der Waals surface area contributed by atoms with E-state index in [4.69, 9.17) is 18.9 Å². The minimum absolute atomic E-state index is 0.115. The number of hydrogen-bond acceptors (Lipinski definition) is 9. The van der Waals surface area contributed by atoms with Crippen LogP contribution in [0.1, 0.15) is 85.9 Å². The summed E-state index contributed by atoms with van der Waals surface area (Å²) >= 11 is 0. The molecule has 0 spiro atoms. The molecule has 3 rings (SSSR count). The van der Waals surface area contributed by atoms with Gasteiger partial charge in [0.2, 0.25) is 0 Å². The number of benzene rings is 1. The maximum atomic E-state index is 13.9. The largest absolute Gasteiger partial charge is 0.464 e. The van der Waals surface area contributed by atoms with Crippen LogP contribution in [-0.4, -0.2) is 60.2 Å². The molecule has 1 aliphatic heterocycles. The molecule has 12 nitrogen and oxygen atoms in total. The van der Waals surface area contributed by atoms with Gasteiger partial charge in [0.25, 0.3) is 0 Å². The summed E-state index contributed by atoms with van der Waals surface area (Å²) in [7, 11) is 1.24. The first kappa shape index (κ1) is 34.1. The zero-order chi connectivity index (χ0) is 32.7. The fraction of sp³-hybridized carbons (Fsp3) is 0.531. The molecule has 0 fully saturated rings. The lowest BCUT2D eigenvalue weighted by Crippen LogP contribution is -2.48. The number of anilines is 2. The number of carbonyl (C=O) groups is 4. The number of carbonyl (C=O) groups excluding carboxylic acids is 4. The summed E-state index contributed by atoms with van der Waals surface area (Å²) in [6.07, 6.45) is 1.44. The van der Waals surface area contributed by atoms with Crippen LogP contribution in [0.2, 0.25) is 0 Å². The molecule has 0 saturated heterocycles. The van der Waals surface area contributed by atoms with E-state index in [0.717, 1.165) is 0 Å². The predicted molar refractivity (Wildman–Crippen MR) is 165 cm³/mol. The number of alkyl carbamates (subject to hydrolysis) is 1. The van der Waals surface area contributed by atoms with Crippen molar-refractivity contribution in [2.75, 3.05) is 23.9 Å². The number of rotatable bonds is 4. The SMILES string of the molecule is CCOC(=O)[C@H]1CCCC[C@H](NC(=O)OC(C)(C)C)c2cc(ccn2)-c2ccc(NC(=O)OC)cc2N1C(=O)OC(C)(C)C. The highest BCUT2D eigenvalue weighted by molar-refractivity contribution is 6.01. The van der Waals surface area contributed by atoms with Crippen molar-refractivity contribution in [2.45, 2.75) is 97.4 Å². The third-order valence-corrected chi connectivity index (χ3v) is 6.51. The lowest BCUT2D eigenvalue weighted by molar-refractivity contribution is -0.145. The van der Waals surface area contributed by atoms with Gasteiger partial charge in [-0.05, 0) is 91.1 Å². The lowest BCUT2D eigenvalue weighted by atomic mass is 9.95. The van der Waals surface area contributed by atoms with Gasteiger partial charge in [-0.15, -0.1) is 0 Å². The third kappa shape index (κ3) is 9.58. The number of fused-ring (bicyclic) bond motifs is 4. The van der Waals surface area contributed by atoms with Crippen molar-refractivity contribution in [1.82, 2.24) is 10.3 Å². The first-order valence-electron chi connectivity index (χ1n) is 14.8. The van der Waals surface area contributed by atoms with Crippen molar-refractivity contribution >= 4 is 35.6 Å². The molecule has 2 aromatic rings. The van der Waals surface area contributed by atoms with Crippen LogP contribution in [0.4, 0.5) is 25.8 Å². The molecular weight excluding hydrogens is 568 g/mol. The van der Waals surface area contributed by atoms with Gasteiger partial charge in [-0.3, -0.25) is 15.2 Å². The highest BCUT2D eigenvalue weighted by Gasteiger charge is 2.37. The van der Waals surface area contributed by atoms with Crippen molar-refractivity contribution in [3.05, 3.63) is 42.2 Å². The molecule has 2 heterocycles. The Labute approximate surface area is 258 Å². The molecule has 44 heavy (non-hydrogen) atoms. The summed E-state index contributed by atoms with van der Waals surface area (Å²) in [6, 6.07) is 7.03. The zero-order valence-electron chi connectivity index (χ0n) is 26.8. The molecule has 1 aliphatic rings. The van der Waals surface area contributed by atoms with Crippen LogP contribution in [-0.2, 0) is 23.7 Å². The summed E-state index contributed by atoms with van der Waals surface area (Å²) in [5, 5.41) is 5.57. The molecule has 2 bridgehead atoms.